The predicted molar refractivity (Wildman–Crippen MR) is 64.5 cm³/mol. The van der Waals surface area contributed by atoms with Crippen molar-refractivity contribution < 1.29 is 14.3 Å². The number of hydrogen-bond acceptors (Lipinski definition) is 3. The Bertz CT molecular complexity index is 250. The molecule has 2 amide bonds. The van der Waals surface area contributed by atoms with Gasteiger partial charge in [0.05, 0.1) is 6.61 Å². The van der Waals surface area contributed by atoms with Crippen LogP contribution in [-0.4, -0.2) is 38.6 Å². The molecule has 0 bridgehead atoms. The lowest BCUT2D eigenvalue weighted by Gasteiger charge is -2.09. The maximum Gasteiger partial charge on any atom is 0.309 e. The highest BCUT2D eigenvalue weighted by atomic mass is 16.5. The number of nitrogens with one attached hydrogen (secondary N) is 2. The minimum Gasteiger partial charge on any atom is -0.383 e. The summed E-state index contributed by atoms with van der Waals surface area (Å²) in [5.74, 6) is -0.389. The third-order valence-corrected chi connectivity index (χ3v) is 3.11. The van der Waals surface area contributed by atoms with Crippen LogP contribution >= 0.6 is 0 Å². The smallest absolute Gasteiger partial charge is 0.309 e. The van der Waals surface area contributed by atoms with Gasteiger partial charge in [-0.05, 0) is 12.3 Å². The van der Waals surface area contributed by atoms with E-state index in [4.69, 9.17) is 4.74 Å². The zero-order valence-corrected chi connectivity index (χ0v) is 10.5. The van der Waals surface area contributed by atoms with Crippen LogP contribution in [0.15, 0.2) is 0 Å². The Morgan fingerprint density at radius 1 is 1.12 bits per heavy atom. The van der Waals surface area contributed by atoms with Crippen molar-refractivity contribution in [3.63, 3.8) is 0 Å². The van der Waals surface area contributed by atoms with Gasteiger partial charge in [0.2, 0.25) is 0 Å². The third kappa shape index (κ3) is 5.68. The fourth-order valence-corrected chi connectivity index (χ4v) is 2.12. The fourth-order valence-electron chi connectivity index (χ4n) is 2.12. The van der Waals surface area contributed by atoms with Crippen LogP contribution in [0.3, 0.4) is 0 Å². The molecule has 17 heavy (non-hydrogen) atoms. The minimum atomic E-state index is -0.575. The van der Waals surface area contributed by atoms with E-state index in [1.54, 1.807) is 7.11 Å². The van der Waals surface area contributed by atoms with Gasteiger partial charge in [-0.25, -0.2) is 0 Å². The van der Waals surface area contributed by atoms with Crippen molar-refractivity contribution in [3.05, 3.63) is 0 Å². The first-order chi connectivity index (χ1) is 8.24. The Kier molecular flexibility index (Phi) is 6.62. The van der Waals surface area contributed by atoms with Gasteiger partial charge in [-0.1, -0.05) is 25.7 Å². The molecule has 1 rings (SSSR count). The largest absolute Gasteiger partial charge is 0.383 e. The van der Waals surface area contributed by atoms with Crippen molar-refractivity contribution in [1.29, 1.82) is 0 Å². The summed E-state index contributed by atoms with van der Waals surface area (Å²) in [6.07, 6.45) is 6.11. The van der Waals surface area contributed by atoms with E-state index >= 15 is 0 Å². The lowest BCUT2D eigenvalue weighted by molar-refractivity contribution is -0.139. The van der Waals surface area contributed by atoms with Crippen LogP contribution < -0.4 is 10.6 Å². The summed E-state index contributed by atoms with van der Waals surface area (Å²) >= 11 is 0. The van der Waals surface area contributed by atoms with Gasteiger partial charge in [-0.15, -0.1) is 0 Å². The molecule has 5 nitrogen and oxygen atoms in total. The number of amides is 2. The molecule has 0 radical (unpaired) electrons. The summed E-state index contributed by atoms with van der Waals surface area (Å²) in [4.78, 5) is 22.6. The zero-order valence-electron chi connectivity index (χ0n) is 10.5. The molecule has 5 heteroatoms. The summed E-state index contributed by atoms with van der Waals surface area (Å²) < 4.78 is 4.77. The van der Waals surface area contributed by atoms with E-state index in [0.717, 1.165) is 12.3 Å². The first kappa shape index (κ1) is 14.0. The van der Waals surface area contributed by atoms with Gasteiger partial charge in [-0.3, -0.25) is 9.59 Å². The van der Waals surface area contributed by atoms with Crippen molar-refractivity contribution in [2.45, 2.75) is 32.1 Å². The van der Waals surface area contributed by atoms with Crippen LogP contribution in [0.4, 0.5) is 0 Å². The van der Waals surface area contributed by atoms with Crippen LogP contribution in [0.5, 0.6) is 0 Å². The second-order valence-corrected chi connectivity index (χ2v) is 4.44. The highest BCUT2D eigenvalue weighted by Gasteiger charge is 2.16. The SMILES string of the molecule is COCCNC(=O)C(=O)NCCC1CCCC1. The molecule has 1 fully saturated rings. The molecule has 0 unspecified atom stereocenters. The van der Waals surface area contributed by atoms with E-state index in [1.807, 2.05) is 0 Å². The van der Waals surface area contributed by atoms with E-state index in [0.29, 0.717) is 19.7 Å². The standard InChI is InChI=1S/C12H22N2O3/c1-17-9-8-14-12(16)11(15)13-7-6-10-4-2-3-5-10/h10H,2-9H2,1H3,(H,13,15)(H,14,16). The summed E-state index contributed by atoms with van der Waals surface area (Å²) in [6.45, 7) is 1.38. The molecule has 1 aliphatic rings. The number of hydrogen-bond donors (Lipinski definition) is 2. The monoisotopic (exact) mass is 242 g/mol. The number of rotatable bonds is 6. The minimum absolute atomic E-state index is 0.366. The van der Waals surface area contributed by atoms with Crippen LogP contribution in [0.1, 0.15) is 32.1 Å². The van der Waals surface area contributed by atoms with Gasteiger partial charge < -0.3 is 15.4 Å². The Morgan fingerprint density at radius 3 is 2.29 bits per heavy atom. The Hall–Kier alpha value is -1.10. The molecule has 0 heterocycles. The maximum absolute atomic E-state index is 11.3. The van der Waals surface area contributed by atoms with Crippen LogP contribution in [0, 0.1) is 5.92 Å². The molecule has 0 aliphatic heterocycles. The van der Waals surface area contributed by atoms with Gasteiger partial charge in [0.25, 0.3) is 0 Å². The highest BCUT2D eigenvalue weighted by Crippen LogP contribution is 2.26. The Balaban J connectivity index is 2.04. The average molecular weight is 242 g/mol. The molecule has 2 N–H and O–H groups in total. The molecule has 1 saturated carbocycles. The van der Waals surface area contributed by atoms with E-state index in [2.05, 4.69) is 10.6 Å². The molecular formula is C12H22N2O3. The summed E-state index contributed by atoms with van der Waals surface area (Å²) in [6, 6.07) is 0. The topological polar surface area (TPSA) is 67.4 Å². The highest BCUT2D eigenvalue weighted by molar-refractivity contribution is 6.35. The fraction of sp³-hybridized carbons (Fsp3) is 0.833. The van der Waals surface area contributed by atoms with Crippen molar-refractivity contribution in [1.82, 2.24) is 10.6 Å². The Labute approximate surface area is 102 Å². The molecule has 98 valence electrons. The van der Waals surface area contributed by atoms with Crippen LogP contribution in [0.2, 0.25) is 0 Å². The number of carbonyl (C=O) groups excluding carboxylic acids is 2. The third-order valence-electron chi connectivity index (χ3n) is 3.11. The number of methoxy groups -OCH3 is 1. The van der Waals surface area contributed by atoms with Crippen molar-refractivity contribution in [2.24, 2.45) is 5.92 Å². The molecule has 0 aromatic carbocycles. The van der Waals surface area contributed by atoms with E-state index < -0.39 is 11.8 Å². The van der Waals surface area contributed by atoms with Crippen molar-refractivity contribution >= 4 is 11.8 Å². The molecule has 0 atom stereocenters. The summed E-state index contributed by atoms with van der Waals surface area (Å²) in [5.41, 5.74) is 0. The predicted octanol–water partition coefficient (Wildman–Crippen LogP) is 0.445. The van der Waals surface area contributed by atoms with Crippen molar-refractivity contribution in [2.75, 3.05) is 26.8 Å². The maximum atomic E-state index is 11.3. The lowest BCUT2D eigenvalue weighted by Crippen LogP contribution is -2.41. The number of ether oxygens (including phenoxy) is 1. The van der Waals surface area contributed by atoms with Crippen molar-refractivity contribution in [3.8, 4) is 0 Å². The van der Waals surface area contributed by atoms with E-state index in [-0.39, 0.29) is 0 Å². The summed E-state index contributed by atoms with van der Waals surface area (Å²) in [5, 5.41) is 5.13. The number of carbonyl (C=O) groups is 2. The molecule has 1 aliphatic carbocycles. The molecule has 0 aromatic heterocycles. The first-order valence-corrected chi connectivity index (χ1v) is 6.29. The lowest BCUT2D eigenvalue weighted by atomic mass is 10.0. The van der Waals surface area contributed by atoms with Gasteiger partial charge >= 0.3 is 11.8 Å². The summed E-state index contributed by atoms with van der Waals surface area (Å²) in [7, 11) is 1.55. The molecule has 0 spiro atoms. The van der Waals surface area contributed by atoms with Gasteiger partial charge in [0.15, 0.2) is 0 Å². The van der Waals surface area contributed by atoms with Gasteiger partial charge in [0, 0.05) is 20.2 Å². The first-order valence-electron chi connectivity index (χ1n) is 6.29. The van der Waals surface area contributed by atoms with E-state index in [1.165, 1.54) is 25.7 Å². The van der Waals surface area contributed by atoms with E-state index in [9.17, 15) is 9.59 Å². The Morgan fingerprint density at radius 2 is 1.71 bits per heavy atom. The average Bonchev–Trinajstić information content (AvgIpc) is 2.82. The van der Waals surface area contributed by atoms with Crippen LogP contribution in [0.25, 0.3) is 0 Å². The molecule has 0 aromatic rings. The second-order valence-electron chi connectivity index (χ2n) is 4.44. The molecule has 0 saturated heterocycles. The normalized spacial score (nSPS) is 15.8. The molecular weight excluding hydrogens is 220 g/mol. The van der Waals surface area contributed by atoms with Crippen LogP contribution in [-0.2, 0) is 14.3 Å². The second kappa shape index (κ2) is 8.06. The quantitative estimate of drug-likeness (QED) is 0.525. The van der Waals surface area contributed by atoms with Gasteiger partial charge in [-0.2, -0.15) is 0 Å². The van der Waals surface area contributed by atoms with Gasteiger partial charge in [0.1, 0.15) is 0 Å². The zero-order chi connectivity index (χ0) is 12.5.